The molecule has 1 heterocycles. The lowest BCUT2D eigenvalue weighted by molar-refractivity contribution is -0.132. The van der Waals surface area contributed by atoms with E-state index in [1.54, 1.807) is 37.1 Å². The number of carbonyl (C=O) groups is 2. The molecular formula is C19H22N2O3S. The van der Waals surface area contributed by atoms with E-state index in [1.165, 1.54) is 11.3 Å². The predicted molar refractivity (Wildman–Crippen MR) is 99.9 cm³/mol. The number of rotatable bonds is 8. The minimum Gasteiger partial charge on any atom is -0.497 e. The van der Waals surface area contributed by atoms with Gasteiger partial charge in [-0.1, -0.05) is 24.3 Å². The van der Waals surface area contributed by atoms with E-state index in [0.717, 1.165) is 11.3 Å². The summed E-state index contributed by atoms with van der Waals surface area (Å²) >= 11 is 1.34. The van der Waals surface area contributed by atoms with Crippen molar-refractivity contribution in [3.05, 3.63) is 64.9 Å². The van der Waals surface area contributed by atoms with Gasteiger partial charge in [-0.15, -0.1) is 17.9 Å². The maximum absolute atomic E-state index is 12.7. The Balaban J connectivity index is 2.02. The fraction of sp³-hybridized carbons (Fsp3) is 0.263. The number of ether oxygens (including phenoxy) is 1. The normalized spacial score (nSPS) is 11.4. The van der Waals surface area contributed by atoms with Crippen molar-refractivity contribution >= 4 is 23.2 Å². The standard InChI is InChI=1S/C19H22N2O3S/c1-4-11-21(13-15-7-9-16(24-3)10-8-15)19(23)14(2)20-18(22)17-6-5-12-25-17/h4-10,12,14H,1,11,13H2,2-3H3,(H,20,22)/t14-/m1/s1. The Bertz CT molecular complexity index is 711. The lowest BCUT2D eigenvalue weighted by Crippen LogP contribution is -2.46. The summed E-state index contributed by atoms with van der Waals surface area (Å²) in [5.74, 6) is 0.376. The van der Waals surface area contributed by atoms with Gasteiger partial charge in [0.1, 0.15) is 11.8 Å². The van der Waals surface area contributed by atoms with Gasteiger partial charge >= 0.3 is 0 Å². The molecule has 0 saturated carbocycles. The van der Waals surface area contributed by atoms with Crippen LogP contribution in [-0.4, -0.2) is 36.4 Å². The third kappa shape index (κ3) is 5.19. The molecule has 1 aromatic carbocycles. The quantitative estimate of drug-likeness (QED) is 0.738. The number of hydrogen-bond donors (Lipinski definition) is 1. The van der Waals surface area contributed by atoms with Crippen LogP contribution in [0.3, 0.4) is 0 Å². The van der Waals surface area contributed by atoms with Gasteiger partial charge in [-0.2, -0.15) is 0 Å². The molecule has 1 N–H and O–H groups in total. The Morgan fingerprint density at radius 1 is 1.32 bits per heavy atom. The highest BCUT2D eigenvalue weighted by molar-refractivity contribution is 7.12. The molecular weight excluding hydrogens is 336 g/mol. The summed E-state index contributed by atoms with van der Waals surface area (Å²) in [5, 5.41) is 4.58. The van der Waals surface area contributed by atoms with Crippen LogP contribution in [-0.2, 0) is 11.3 Å². The van der Waals surface area contributed by atoms with Gasteiger partial charge in [0, 0.05) is 13.1 Å². The van der Waals surface area contributed by atoms with Crippen molar-refractivity contribution in [3.63, 3.8) is 0 Å². The minimum absolute atomic E-state index is 0.152. The average Bonchev–Trinajstić information content (AvgIpc) is 3.16. The molecule has 132 valence electrons. The number of hydrogen-bond acceptors (Lipinski definition) is 4. The number of amides is 2. The van der Waals surface area contributed by atoms with Crippen LogP contribution in [0.5, 0.6) is 5.75 Å². The molecule has 6 heteroatoms. The number of methoxy groups -OCH3 is 1. The van der Waals surface area contributed by atoms with Gasteiger partial charge in [0.2, 0.25) is 5.91 Å². The SMILES string of the molecule is C=CCN(Cc1ccc(OC)cc1)C(=O)[C@@H](C)NC(=O)c1cccs1. The van der Waals surface area contributed by atoms with E-state index in [2.05, 4.69) is 11.9 Å². The van der Waals surface area contributed by atoms with Crippen LogP contribution in [0.15, 0.2) is 54.4 Å². The van der Waals surface area contributed by atoms with Crippen LogP contribution in [0.2, 0.25) is 0 Å². The number of carbonyl (C=O) groups excluding carboxylic acids is 2. The largest absolute Gasteiger partial charge is 0.497 e. The molecule has 1 atom stereocenters. The molecule has 0 fully saturated rings. The monoisotopic (exact) mass is 358 g/mol. The van der Waals surface area contributed by atoms with E-state index in [0.29, 0.717) is 18.0 Å². The van der Waals surface area contributed by atoms with Crippen molar-refractivity contribution in [2.24, 2.45) is 0 Å². The van der Waals surface area contributed by atoms with E-state index >= 15 is 0 Å². The van der Waals surface area contributed by atoms with Gasteiger partial charge in [0.15, 0.2) is 0 Å². The topological polar surface area (TPSA) is 58.6 Å². The Morgan fingerprint density at radius 3 is 2.60 bits per heavy atom. The van der Waals surface area contributed by atoms with Crippen molar-refractivity contribution in [2.45, 2.75) is 19.5 Å². The Morgan fingerprint density at radius 2 is 2.04 bits per heavy atom. The fourth-order valence-electron chi connectivity index (χ4n) is 2.35. The first-order chi connectivity index (χ1) is 12.0. The molecule has 0 spiro atoms. The molecule has 25 heavy (non-hydrogen) atoms. The molecule has 5 nitrogen and oxygen atoms in total. The number of thiophene rings is 1. The second kappa shape index (κ2) is 9.03. The summed E-state index contributed by atoms with van der Waals surface area (Å²) in [7, 11) is 1.61. The first-order valence-corrected chi connectivity index (χ1v) is 8.80. The van der Waals surface area contributed by atoms with Gasteiger partial charge < -0.3 is 15.0 Å². The number of nitrogens with one attached hydrogen (secondary N) is 1. The molecule has 0 aliphatic rings. The average molecular weight is 358 g/mol. The van der Waals surface area contributed by atoms with E-state index in [1.807, 2.05) is 29.6 Å². The fourth-order valence-corrected chi connectivity index (χ4v) is 2.98. The summed E-state index contributed by atoms with van der Waals surface area (Å²) in [6.45, 7) is 6.25. The molecule has 0 aliphatic heterocycles. The van der Waals surface area contributed by atoms with Crippen LogP contribution in [0.25, 0.3) is 0 Å². The maximum atomic E-state index is 12.7. The van der Waals surface area contributed by atoms with Crippen LogP contribution < -0.4 is 10.1 Å². The van der Waals surface area contributed by atoms with E-state index in [4.69, 9.17) is 4.74 Å². The summed E-state index contributed by atoms with van der Waals surface area (Å²) in [6.07, 6.45) is 1.68. The van der Waals surface area contributed by atoms with Crippen molar-refractivity contribution in [3.8, 4) is 5.75 Å². The Hall–Kier alpha value is -2.60. The van der Waals surface area contributed by atoms with Crippen molar-refractivity contribution in [2.75, 3.05) is 13.7 Å². The first kappa shape index (κ1) is 18.7. The molecule has 2 aromatic rings. The zero-order valence-electron chi connectivity index (χ0n) is 14.4. The van der Waals surface area contributed by atoms with Crippen LogP contribution in [0.4, 0.5) is 0 Å². The van der Waals surface area contributed by atoms with E-state index in [-0.39, 0.29) is 11.8 Å². The first-order valence-electron chi connectivity index (χ1n) is 7.92. The third-order valence-electron chi connectivity index (χ3n) is 3.66. The van der Waals surface area contributed by atoms with Crippen molar-refractivity contribution in [1.29, 1.82) is 0 Å². The molecule has 2 amide bonds. The number of nitrogens with zero attached hydrogens (tertiary/aromatic N) is 1. The molecule has 0 aliphatic carbocycles. The van der Waals surface area contributed by atoms with Crippen molar-refractivity contribution < 1.29 is 14.3 Å². The number of benzene rings is 1. The van der Waals surface area contributed by atoms with Crippen molar-refractivity contribution in [1.82, 2.24) is 10.2 Å². The third-order valence-corrected chi connectivity index (χ3v) is 4.53. The molecule has 2 rings (SSSR count). The summed E-state index contributed by atoms with van der Waals surface area (Å²) in [4.78, 5) is 27.1. The Labute approximate surface area is 151 Å². The molecule has 0 unspecified atom stereocenters. The summed E-state index contributed by atoms with van der Waals surface area (Å²) in [5.41, 5.74) is 0.979. The summed E-state index contributed by atoms with van der Waals surface area (Å²) in [6, 6.07) is 10.5. The molecule has 0 bridgehead atoms. The molecule has 0 radical (unpaired) electrons. The van der Waals surface area contributed by atoms with Crippen LogP contribution >= 0.6 is 11.3 Å². The van der Waals surface area contributed by atoms with Gasteiger partial charge in [-0.05, 0) is 36.1 Å². The lowest BCUT2D eigenvalue weighted by atomic mass is 10.2. The highest BCUT2D eigenvalue weighted by Gasteiger charge is 2.22. The van der Waals surface area contributed by atoms with Gasteiger partial charge in [-0.3, -0.25) is 9.59 Å². The van der Waals surface area contributed by atoms with Crippen LogP contribution in [0, 0.1) is 0 Å². The lowest BCUT2D eigenvalue weighted by Gasteiger charge is -2.25. The highest BCUT2D eigenvalue weighted by Crippen LogP contribution is 2.14. The van der Waals surface area contributed by atoms with E-state index < -0.39 is 6.04 Å². The maximum Gasteiger partial charge on any atom is 0.261 e. The molecule has 0 saturated heterocycles. The highest BCUT2D eigenvalue weighted by atomic mass is 32.1. The van der Waals surface area contributed by atoms with E-state index in [9.17, 15) is 9.59 Å². The van der Waals surface area contributed by atoms with Gasteiger partial charge in [0.05, 0.1) is 12.0 Å². The zero-order chi connectivity index (χ0) is 18.2. The second-order valence-corrected chi connectivity index (χ2v) is 6.48. The molecule has 1 aromatic heterocycles. The van der Waals surface area contributed by atoms with Gasteiger partial charge in [0.25, 0.3) is 5.91 Å². The van der Waals surface area contributed by atoms with Gasteiger partial charge in [-0.25, -0.2) is 0 Å². The second-order valence-electron chi connectivity index (χ2n) is 5.53. The zero-order valence-corrected chi connectivity index (χ0v) is 15.2. The van der Waals surface area contributed by atoms with Crippen LogP contribution in [0.1, 0.15) is 22.2 Å². The Kier molecular flexibility index (Phi) is 6.77. The predicted octanol–water partition coefficient (Wildman–Crippen LogP) is 3.09. The smallest absolute Gasteiger partial charge is 0.261 e. The summed E-state index contributed by atoms with van der Waals surface area (Å²) < 4.78 is 5.14. The minimum atomic E-state index is -0.618.